The Morgan fingerprint density at radius 3 is 2.04 bits per heavy atom. The Kier molecular flexibility index (Phi) is 8.80. The van der Waals surface area contributed by atoms with Gasteiger partial charge in [0.25, 0.3) is 0 Å². The Labute approximate surface area is 289 Å². The van der Waals surface area contributed by atoms with Crippen molar-refractivity contribution >= 4 is 40.3 Å². The molecule has 0 spiro atoms. The zero-order valence-corrected chi connectivity index (χ0v) is 27.7. The predicted molar refractivity (Wildman–Crippen MR) is 192 cm³/mol. The van der Waals surface area contributed by atoms with Gasteiger partial charge in [0.1, 0.15) is 11.3 Å². The summed E-state index contributed by atoms with van der Waals surface area (Å²) in [4.78, 5) is 27.0. The molecule has 49 heavy (non-hydrogen) atoms. The minimum Gasteiger partial charge on any atom is -0.497 e. The fourth-order valence-electron chi connectivity index (χ4n) is 6.97. The van der Waals surface area contributed by atoms with Crippen LogP contribution >= 0.6 is 11.6 Å². The first kappa shape index (κ1) is 32.0. The average molecular weight is 671 g/mol. The van der Waals surface area contributed by atoms with Gasteiger partial charge in [0.2, 0.25) is 5.91 Å². The highest BCUT2D eigenvalue weighted by molar-refractivity contribution is 6.33. The molecular formula is C40H35ClN4O4. The summed E-state index contributed by atoms with van der Waals surface area (Å²) in [6, 6.07) is 42.2. The number of piperidine rings is 1. The normalized spacial score (nSPS) is 14.8. The van der Waals surface area contributed by atoms with Gasteiger partial charge in [0.15, 0.2) is 5.82 Å². The van der Waals surface area contributed by atoms with E-state index in [2.05, 4.69) is 41.7 Å². The molecule has 9 heteroatoms. The molecule has 0 bridgehead atoms. The third-order valence-electron chi connectivity index (χ3n) is 9.36. The molecule has 1 aromatic heterocycles. The number of likely N-dealkylation sites (tertiary alicyclic amines) is 1. The number of hydrogen-bond acceptors (Lipinski definition) is 4. The molecule has 246 valence electrons. The molecular weight excluding hydrogens is 636 g/mol. The Morgan fingerprint density at radius 1 is 0.857 bits per heavy atom. The Bertz CT molecular complexity index is 2020. The molecule has 1 aliphatic heterocycles. The fourth-order valence-corrected chi connectivity index (χ4v) is 7.20. The molecule has 2 N–H and O–H groups in total. The zero-order valence-electron chi connectivity index (χ0n) is 26.9. The van der Waals surface area contributed by atoms with Crippen molar-refractivity contribution in [3.63, 3.8) is 0 Å². The van der Waals surface area contributed by atoms with Gasteiger partial charge in [-0.1, -0.05) is 109 Å². The van der Waals surface area contributed by atoms with E-state index in [-0.39, 0.29) is 12.5 Å². The SMILES string of the molecule is COc1ccc(Cl)c(-c2ccc3c(c2)c(NC(=O)C2CCCN(C(=O)O)C2)nn3C(c2ccccc2)(c2ccccc2)c2ccccc2)c1. The van der Waals surface area contributed by atoms with Crippen LogP contribution in [-0.2, 0) is 10.3 Å². The molecule has 5 aromatic carbocycles. The number of halogens is 1. The second-order valence-electron chi connectivity index (χ2n) is 12.2. The lowest BCUT2D eigenvalue weighted by Gasteiger charge is -2.37. The Balaban J connectivity index is 1.49. The number of carbonyl (C=O) groups is 2. The fraction of sp³-hybridized carbons (Fsp3) is 0.175. The molecule has 6 aromatic rings. The molecule has 0 saturated carbocycles. The van der Waals surface area contributed by atoms with E-state index in [1.165, 1.54) is 4.90 Å². The Hall–Kier alpha value is -5.60. The third kappa shape index (κ3) is 5.89. The van der Waals surface area contributed by atoms with Crippen molar-refractivity contribution in [2.45, 2.75) is 18.4 Å². The molecule has 1 saturated heterocycles. The van der Waals surface area contributed by atoms with E-state index in [9.17, 15) is 14.7 Å². The first-order chi connectivity index (χ1) is 23.9. The minimum absolute atomic E-state index is 0.131. The number of ether oxygens (including phenoxy) is 1. The van der Waals surface area contributed by atoms with Crippen molar-refractivity contribution < 1.29 is 19.4 Å². The van der Waals surface area contributed by atoms with E-state index in [1.807, 2.05) is 89.6 Å². The summed E-state index contributed by atoms with van der Waals surface area (Å²) >= 11 is 6.72. The van der Waals surface area contributed by atoms with E-state index in [0.29, 0.717) is 41.4 Å². The summed E-state index contributed by atoms with van der Waals surface area (Å²) in [6.45, 7) is 0.543. The molecule has 8 nitrogen and oxygen atoms in total. The summed E-state index contributed by atoms with van der Waals surface area (Å²) in [6.07, 6.45) is 0.170. The molecule has 0 aliphatic carbocycles. The van der Waals surface area contributed by atoms with Gasteiger partial charge >= 0.3 is 6.09 Å². The van der Waals surface area contributed by atoms with Crippen LogP contribution in [0.15, 0.2) is 127 Å². The van der Waals surface area contributed by atoms with Crippen LogP contribution in [0.3, 0.4) is 0 Å². The van der Waals surface area contributed by atoms with Gasteiger partial charge in [-0.05, 0) is 65.4 Å². The largest absolute Gasteiger partial charge is 0.497 e. The van der Waals surface area contributed by atoms with Crippen molar-refractivity contribution in [3.05, 3.63) is 149 Å². The molecule has 1 fully saturated rings. The number of carboxylic acid groups (broad SMARTS) is 1. The number of rotatable bonds is 8. The summed E-state index contributed by atoms with van der Waals surface area (Å²) in [7, 11) is 1.61. The maximum absolute atomic E-state index is 13.9. The van der Waals surface area contributed by atoms with Crippen LogP contribution in [0.1, 0.15) is 29.5 Å². The van der Waals surface area contributed by atoms with Gasteiger partial charge in [-0.2, -0.15) is 5.10 Å². The smallest absolute Gasteiger partial charge is 0.407 e. The predicted octanol–water partition coefficient (Wildman–Crippen LogP) is 8.53. The summed E-state index contributed by atoms with van der Waals surface area (Å²) in [5.41, 5.74) is 4.40. The van der Waals surface area contributed by atoms with E-state index in [4.69, 9.17) is 21.4 Å². The number of hydrogen-bond donors (Lipinski definition) is 2. The molecule has 2 amide bonds. The number of nitrogens with one attached hydrogen (secondary N) is 1. The van der Waals surface area contributed by atoms with Crippen molar-refractivity contribution in [2.75, 3.05) is 25.5 Å². The van der Waals surface area contributed by atoms with E-state index < -0.39 is 17.6 Å². The summed E-state index contributed by atoms with van der Waals surface area (Å²) in [5.74, 6) is 0.260. The quantitative estimate of drug-likeness (QED) is 0.158. The Morgan fingerprint density at radius 2 is 1.47 bits per heavy atom. The van der Waals surface area contributed by atoms with Gasteiger partial charge in [0, 0.05) is 29.1 Å². The number of aromatic nitrogens is 2. The third-order valence-corrected chi connectivity index (χ3v) is 9.69. The highest BCUT2D eigenvalue weighted by Gasteiger charge is 2.41. The number of amides is 2. The highest BCUT2D eigenvalue weighted by Crippen LogP contribution is 2.44. The number of benzene rings is 5. The number of nitrogens with zero attached hydrogens (tertiary/aromatic N) is 3. The summed E-state index contributed by atoms with van der Waals surface area (Å²) < 4.78 is 7.51. The lowest BCUT2D eigenvalue weighted by atomic mass is 9.77. The van der Waals surface area contributed by atoms with Gasteiger partial charge in [-0.3, -0.25) is 4.79 Å². The van der Waals surface area contributed by atoms with Crippen molar-refractivity contribution in [2.24, 2.45) is 5.92 Å². The lowest BCUT2D eigenvalue weighted by Crippen LogP contribution is -2.43. The molecule has 1 aliphatic rings. The topological polar surface area (TPSA) is 96.7 Å². The molecule has 1 unspecified atom stereocenters. The van der Waals surface area contributed by atoms with E-state index in [1.54, 1.807) is 13.2 Å². The van der Waals surface area contributed by atoms with Crippen LogP contribution in [0, 0.1) is 5.92 Å². The maximum atomic E-state index is 13.9. The standard InChI is InChI=1S/C40H35ClN4O4/c1-49-32-20-21-35(41)33(25-32)27-19-22-36-34(24-27)37(42-38(46)28-12-11-23-44(26-28)39(47)48)43-45(36)40(29-13-5-2-6-14-29,30-15-7-3-8-16-30)31-17-9-4-10-18-31/h2-10,13-22,24-25,28H,11-12,23,26H2,1H3,(H,47,48)(H,42,43,46). The second kappa shape index (κ2) is 13.5. The van der Waals surface area contributed by atoms with Crippen LogP contribution in [0.5, 0.6) is 5.75 Å². The number of methoxy groups -OCH3 is 1. The van der Waals surface area contributed by atoms with Crippen LogP contribution in [0.25, 0.3) is 22.0 Å². The molecule has 7 rings (SSSR count). The first-order valence-corrected chi connectivity index (χ1v) is 16.6. The van der Waals surface area contributed by atoms with Crippen LogP contribution < -0.4 is 10.1 Å². The van der Waals surface area contributed by atoms with Crippen molar-refractivity contribution in [1.82, 2.24) is 14.7 Å². The number of carbonyl (C=O) groups excluding carboxylic acids is 1. The number of anilines is 1. The maximum Gasteiger partial charge on any atom is 0.407 e. The van der Waals surface area contributed by atoms with Crippen molar-refractivity contribution in [3.8, 4) is 16.9 Å². The van der Waals surface area contributed by atoms with E-state index >= 15 is 0 Å². The van der Waals surface area contributed by atoms with Gasteiger partial charge in [-0.15, -0.1) is 0 Å². The van der Waals surface area contributed by atoms with E-state index in [0.717, 1.165) is 33.3 Å². The van der Waals surface area contributed by atoms with Gasteiger partial charge in [0.05, 0.1) is 18.5 Å². The molecule has 1 atom stereocenters. The summed E-state index contributed by atoms with van der Waals surface area (Å²) in [5, 5.41) is 19.3. The van der Waals surface area contributed by atoms with Crippen LogP contribution in [0.2, 0.25) is 5.02 Å². The van der Waals surface area contributed by atoms with Gasteiger partial charge in [-0.25, -0.2) is 9.48 Å². The van der Waals surface area contributed by atoms with Crippen LogP contribution in [0.4, 0.5) is 10.6 Å². The number of fused-ring (bicyclic) bond motifs is 1. The highest BCUT2D eigenvalue weighted by atomic mass is 35.5. The zero-order chi connectivity index (χ0) is 34.0. The molecule has 2 heterocycles. The van der Waals surface area contributed by atoms with Crippen LogP contribution in [-0.4, -0.2) is 52.0 Å². The van der Waals surface area contributed by atoms with Crippen molar-refractivity contribution in [1.29, 1.82) is 0 Å². The average Bonchev–Trinajstić information content (AvgIpc) is 3.50. The first-order valence-electron chi connectivity index (χ1n) is 16.2. The second-order valence-corrected chi connectivity index (χ2v) is 12.6. The lowest BCUT2D eigenvalue weighted by molar-refractivity contribution is -0.121. The monoisotopic (exact) mass is 670 g/mol. The molecule has 0 radical (unpaired) electrons. The van der Waals surface area contributed by atoms with Gasteiger partial charge < -0.3 is 20.1 Å². The minimum atomic E-state index is -1.02.